The Morgan fingerprint density at radius 1 is 0.793 bits per heavy atom. The Balaban J connectivity index is 5.08. The number of hydrogen-bond donors (Lipinski definition) is 7. The SMILES string of the molecule is CSCCC(NC(=O)C(CO)NC(=O)C(CCSC)NC(=O)C(N)CO)C(=O)O. The minimum Gasteiger partial charge on any atom is -0.480 e. The van der Waals surface area contributed by atoms with Gasteiger partial charge in [-0.05, 0) is 36.9 Å². The van der Waals surface area contributed by atoms with Crippen molar-refractivity contribution in [1.29, 1.82) is 0 Å². The first-order valence-corrected chi connectivity index (χ1v) is 11.6. The van der Waals surface area contributed by atoms with E-state index in [1.54, 1.807) is 12.5 Å². The van der Waals surface area contributed by atoms with Crippen molar-refractivity contribution in [3.05, 3.63) is 0 Å². The second kappa shape index (κ2) is 15.3. The second-order valence-electron chi connectivity index (χ2n) is 6.06. The van der Waals surface area contributed by atoms with E-state index in [0.29, 0.717) is 11.5 Å². The van der Waals surface area contributed by atoms with Crippen molar-refractivity contribution in [2.45, 2.75) is 37.0 Å². The largest absolute Gasteiger partial charge is 0.480 e. The van der Waals surface area contributed by atoms with Crippen molar-refractivity contribution >= 4 is 47.2 Å². The molecule has 0 bridgehead atoms. The van der Waals surface area contributed by atoms with Gasteiger partial charge in [-0.15, -0.1) is 0 Å². The Kier molecular flexibility index (Phi) is 14.5. The monoisotopic (exact) mass is 454 g/mol. The fourth-order valence-corrected chi connectivity index (χ4v) is 3.04. The van der Waals surface area contributed by atoms with Gasteiger partial charge in [0.2, 0.25) is 17.7 Å². The van der Waals surface area contributed by atoms with Crippen molar-refractivity contribution in [2.24, 2.45) is 5.73 Å². The zero-order valence-electron chi connectivity index (χ0n) is 16.4. The molecule has 0 saturated heterocycles. The lowest BCUT2D eigenvalue weighted by Gasteiger charge is -2.24. The summed E-state index contributed by atoms with van der Waals surface area (Å²) in [6, 6.07) is -4.79. The van der Waals surface area contributed by atoms with Gasteiger partial charge in [-0.25, -0.2) is 4.79 Å². The normalized spacial score (nSPS) is 14.9. The molecule has 0 heterocycles. The Hall–Kier alpha value is -1.54. The van der Waals surface area contributed by atoms with Crippen LogP contribution < -0.4 is 21.7 Å². The average molecular weight is 455 g/mol. The highest BCUT2D eigenvalue weighted by Crippen LogP contribution is 2.04. The lowest BCUT2D eigenvalue weighted by Crippen LogP contribution is -2.58. The highest BCUT2D eigenvalue weighted by Gasteiger charge is 2.29. The number of nitrogens with two attached hydrogens (primary N) is 1. The van der Waals surface area contributed by atoms with Crippen LogP contribution in [-0.2, 0) is 19.2 Å². The van der Waals surface area contributed by atoms with E-state index in [2.05, 4.69) is 16.0 Å². The summed E-state index contributed by atoms with van der Waals surface area (Å²) in [5, 5.41) is 34.6. The molecule has 168 valence electrons. The van der Waals surface area contributed by atoms with Gasteiger partial charge in [0.05, 0.1) is 13.2 Å². The number of amides is 3. The third-order valence-electron chi connectivity index (χ3n) is 3.82. The van der Waals surface area contributed by atoms with Gasteiger partial charge in [-0.1, -0.05) is 0 Å². The molecular weight excluding hydrogens is 424 g/mol. The van der Waals surface area contributed by atoms with Crippen LogP contribution in [0, 0.1) is 0 Å². The standard InChI is InChI=1S/C16H30N4O7S2/c1-28-5-3-10(18-13(23)9(17)7-21)14(24)20-12(8-22)15(25)19-11(16(26)27)4-6-29-2/h9-12,21-22H,3-8,17H2,1-2H3,(H,18,23)(H,19,25)(H,20,24)(H,26,27). The molecule has 0 aliphatic carbocycles. The quantitative estimate of drug-likeness (QED) is 0.137. The van der Waals surface area contributed by atoms with Crippen LogP contribution in [-0.4, -0.2) is 100 Å². The zero-order valence-corrected chi connectivity index (χ0v) is 18.1. The molecule has 11 nitrogen and oxygen atoms in total. The third-order valence-corrected chi connectivity index (χ3v) is 5.11. The fraction of sp³-hybridized carbons (Fsp3) is 0.750. The summed E-state index contributed by atoms with van der Waals surface area (Å²) >= 11 is 2.85. The van der Waals surface area contributed by atoms with E-state index in [1.165, 1.54) is 23.5 Å². The molecule has 0 spiro atoms. The van der Waals surface area contributed by atoms with E-state index >= 15 is 0 Å². The number of hydrogen-bond acceptors (Lipinski definition) is 9. The minimum atomic E-state index is -1.39. The molecule has 4 unspecified atom stereocenters. The van der Waals surface area contributed by atoms with Crippen LogP contribution in [0.1, 0.15) is 12.8 Å². The second-order valence-corrected chi connectivity index (χ2v) is 8.03. The molecule has 0 aromatic heterocycles. The average Bonchev–Trinajstić information content (AvgIpc) is 2.70. The summed E-state index contributed by atoms with van der Waals surface area (Å²) in [7, 11) is 0. The van der Waals surface area contributed by atoms with Crippen LogP contribution in [0.15, 0.2) is 0 Å². The number of nitrogens with one attached hydrogen (secondary N) is 3. The first-order valence-electron chi connectivity index (χ1n) is 8.80. The molecule has 0 aromatic carbocycles. The Labute approximate surface area is 177 Å². The van der Waals surface area contributed by atoms with E-state index in [1.807, 2.05) is 0 Å². The fourth-order valence-electron chi connectivity index (χ4n) is 2.10. The molecule has 0 fully saturated rings. The van der Waals surface area contributed by atoms with Gasteiger partial charge in [0.25, 0.3) is 0 Å². The molecule has 8 N–H and O–H groups in total. The number of carboxylic acids is 1. The van der Waals surface area contributed by atoms with E-state index in [-0.39, 0.29) is 12.8 Å². The maximum absolute atomic E-state index is 12.5. The highest BCUT2D eigenvalue weighted by molar-refractivity contribution is 7.98. The zero-order chi connectivity index (χ0) is 22.4. The molecule has 0 aliphatic heterocycles. The molecule has 0 saturated carbocycles. The van der Waals surface area contributed by atoms with Crippen LogP contribution in [0.5, 0.6) is 0 Å². The van der Waals surface area contributed by atoms with Crippen molar-refractivity contribution in [3.63, 3.8) is 0 Å². The lowest BCUT2D eigenvalue weighted by atomic mass is 10.1. The van der Waals surface area contributed by atoms with Crippen molar-refractivity contribution in [1.82, 2.24) is 16.0 Å². The molecule has 0 aromatic rings. The molecule has 13 heteroatoms. The highest BCUT2D eigenvalue weighted by atomic mass is 32.2. The molecule has 4 atom stereocenters. The topological polar surface area (TPSA) is 191 Å². The van der Waals surface area contributed by atoms with Crippen molar-refractivity contribution < 1.29 is 34.5 Å². The first-order chi connectivity index (χ1) is 13.7. The van der Waals surface area contributed by atoms with E-state index < -0.39 is 61.1 Å². The summed E-state index contributed by atoms with van der Waals surface area (Å²) in [5.41, 5.74) is 5.43. The molecular formula is C16H30N4O7S2. The molecule has 29 heavy (non-hydrogen) atoms. The van der Waals surface area contributed by atoms with E-state index in [9.17, 15) is 29.4 Å². The summed E-state index contributed by atoms with van der Waals surface area (Å²) in [6.07, 6.45) is 4.01. The van der Waals surface area contributed by atoms with Gasteiger partial charge in [0.1, 0.15) is 24.2 Å². The number of carboxylic acid groups (broad SMARTS) is 1. The van der Waals surface area contributed by atoms with Gasteiger partial charge in [-0.3, -0.25) is 14.4 Å². The maximum atomic E-state index is 12.5. The van der Waals surface area contributed by atoms with Crippen LogP contribution in [0.2, 0.25) is 0 Å². The first kappa shape index (κ1) is 27.5. The van der Waals surface area contributed by atoms with Gasteiger partial charge >= 0.3 is 5.97 Å². The number of rotatable bonds is 15. The number of thioether (sulfide) groups is 2. The van der Waals surface area contributed by atoms with E-state index in [0.717, 1.165) is 0 Å². The molecule has 0 aliphatic rings. The lowest BCUT2D eigenvalue weighted by molar-refractivity contribution is -0.142. The van der Waals surface area contributed by atoms with Crippen LogP contribution in [0.3, 0.4) is 0 Å². The third kappa shape index (κ3) is 10.7. The number of aliphatic hydroxyl groups excluding tert-OH is 2. The molecule has 0 rings (SSSR count). The van der Waals surface area contributed by atoms with Gasteiger partial charge in [0.15, 0.2) is 0 Å². The molecule has 0 radical (unpaired) electrons. The van der Waals surface area contributed by atoms with Crippen LogP contribution in [0.4, 0.5) is 0 Å². The smallest absolute Gasteiger partial charge is 0.326 e. The van der Waals surface area contributed by atoms with Crippen LogP contribution >= 0.6 is 23.5 Å². The van der Waals surface area contributed by atoms with Gasteiger partial charge in [-0.2, -0.15) is 23.5 Å². The number of aliphatic carboxylic acids is 1. The summed E-state index contributed by atoms with van der Waals surface area (Å²) in [6.45, 7) is -1.36. The van der Waals surface area contributed by atoms with Crippen LogP contribution in [0.25, 0.3) is 0 Å². The van der Waals surface area contributed by atoms with Crippen molar-refractivity contribution in [3.8, 4) is 0 Å². The number of carbonyl (C=O) groups is 4. The Morgan fingerprint density at radius 3 is 1.69 bits per heavy atom. The Morgan fingerprint density at radius 2 is 1.24 bits per heavy atom. The van der Waals surface area contributed by atoms with Gasteiger partial charge in [0, 0.05) is 0 Å². The minimum absolute atomic E-state index is 0.180. The summed E-state index contributed by atoms with van der Waals surface area (Å²) < 4.78 is 0. The predicted octanol–water partition coefficient (Wildman–Crippen LogP) is -2.66. The number of aliphatic hydroxyl groups is 2. The Bertz CT molecular complexity index is 553. The van der Waals surface area contributed by atoms with Gasteiger partial charge < -0.3 is 37.0 Å². The summed E-state index contributed by atoms with van der Waals surface area (Å²) in [4.78, 5) is 48.0. The maximum Gasteiger partial charge on any atom is 0.326 e. The number of carbonyl (C=O) groups excluding carboxylic acids is 3. The predicted molar refractivity (Wildman–Crippen MR) is 112 cm³/mol. The van der Waals surface area contributed by atoms with E-state index in [4.69, 9.17) is 10.8 Å². The summed E-state index contributed by atoms with van der Waals surface area (Å²) in [5.74, 6) is -2.53. The molecule has 3 amide bonds. The van der Waals surface area contributed by atoms with Crippen molar-refractivity contribution in [2.75, 3.05) is 37.2 Å².